The number of ether oxygens (including phenoxy) is 1. The Morgan fingerprint density at radius 3 is 2.11 bits per heavy atom. The van der Waals surface area contributed by atoms with E-state index in [-0.39, 0.29) is 16.9 Å². The number of thiocarbonyl (C=S) groups is 1. The molecule has 0 unspecified atom stereocenters. The fraction of sp³-hybridized carbons (Fsp3) is 0.286. The summed E-state index contributed by atoms with van der Waals surface area (Å²) < 4.78 is 5.65. The zero-order chi connectivity index (χ0) is 20.5. The molecule has 2 amide bonds. The number of anilines is 1. The Bertz CT molecular complexity index is 818. The second kappa shape index (κ2) is 10.4. The number of hydrogen-bond acceptors (Lipinski definition) is 4. The van der Waals surface area contributed by atoms with Gasteiger partial charge in [0.05, 0.1) is 6.61 Å². The van der Waals surface area contributed by atoms with Crippen LogP contribution in [0.2, 0.25) is 0 Å². The minimum Gasteiger partial charge on any atom is -0.494 e. The van der Waals surface area contributed by atoms with Gasteiger partial charge in [0.1, 0.15) is 5.75 Å². The molecule has 148 valence electrons. The zero-order valence-corrected chi connectivity index (χ0v) is 17.1. The van der Waals surface area contributed by atoms with Crippen LogP contribution in [0, 0.1) is 5.92 Å². The summed E-state index contributed by atoms with van der Waals surface area (Å²) >= 11 is 5.18. The van der Waals surface area contributed by atoms with Crippen molar-refractivity contribution in [2.45, 2.75) is 20.3 Å². The first-order valence-corrected chi connectivity index (χ1v) is 9.47. The van der Waals surface area contributed by atoms with E-state index in [0.29, 0.717) is 29.3 Å². The third kappa shape index (κ3) is 6.66. The average molecular weight is 400 g/mol. The van der Waals surface area contributed by atoms with Gasteiger partial charge in [-0.25, -0.2) is 0 Å². The van der Waals surface area contributed by atoms with Crippen molar-refractivity contribution in [3.63, 3.8) is 0 Å². The molecule has 0 heterocycles. The van der Waals surface area contributed by atoms with Gasteiger partial charge in [0.25, 0.3) is 11.8 Å². The van der Waals surface area contributed by atoms with Gasteiger partial charge in [0.15, 0.2) is 5.11 Å². The minimum absolute atomic E-state index is 0.168. The van der Waals surface area contributed by atoms with Gasteiger partial charge in [0.2, 0.25) is 0 Å². The standard InChI is InChI=1S/C21H25N3O3S/c1-14(2)12-13-27-18-10-6-16(7-11-18)20(26)24-21(28)23-17-8-4-15(5-9-17)19(25)22-3/h4-11,14H,12-13H2,1-3H3,(H,22,25)(H2,23,24,26,28). The molecule has 3 N–H and O–H groups in total. The molecule has 0 radical (unpaired) electrons. The van der Waals surface area contributed by atoms with Crippen LogP contribution in [0.25, 0.3) is 0 Å². The van der Waals surface area contributed by atoms with E-state index in [4.69, 9.17) is 17.0 Å². The van der Waals surface area contributed by atoms with Crippen LogP contribution in [0.3, 0.4) is 0 Å². The predicted octanol–water partition coefficient (Wildman–Crippen LogP) is 3.60. The molecule has 0 bridgehead atoms. The third-order valence-corrected chi connectivity index (χ3v) is 4.14. The van der Waals surface area contributed by atoms with Gasteiger partial charge in [-0.1, -0.05) is 13.8 Å². The molecule has 2 aromatic carbocycles. The average Bonchev–Trinajstić information content (AvgIpc) is 2.68. The lowest BCUT2D eigenvalue weighted by Gasteiger charge is -2.11. The maximum Gasteiger partial charge on any atom is 0.257 e. The Hall–Kier alpha value is -2.93. The topological polar surface area (TPSA) is 79.5 Å². The summed E-state index contributed by atoms with van der Waals surface area (Å²) in [6, 6.07) is 13.7. The number of nitrogens with one attached hydrogen (secondary N) is 3. The highest BCUT2D eigenvalue weighted by Gasteiger charge is 2.09. The van der Waals surface area contributed by atoms with Crippen molar-refractivity contribution in [2.24, 2.45) is 5.92 Å². The van der Waals surface area contributed by atoms with Crippen LogP contribution in [0.4, 0.5) is 5.69 Å². The van der Waals surface area contributed by atoms with E-state index >= 15 is 0 Å². The molecule has 0 saturated heterocycles. The van der Waals surface area contributed by atoms with E-state index < -0.39 is 0 Å². The Morgan fingerprint density at radius 2 is 1.54 bits per heavy atom. The van der Waals surface area contributed by atoms with Crippen molar-refractivity contribution in [3.05, 3.63) is 59.7 Å². The van der Waals surface area contributed by atoms with Gasteiger partial charge in [0, 0.05) is 23.9 Å². The molecule has 0 aromatic heterocycles. The highest BCUT2D eigenvalue weighted by Crippen LogP contribution is 2.14. The van der Waals surface area contributed by atoms with Crippen LogP contribution in [0.1, 0.15) is 41.0 Å². The monoisotopic (exact) mass is 399 g/mol. The van der Waals surface area contributed by atoms with Crippen LogP contribution in [-0.4, -0.2) is 30.6 Å². The SMILES string of the molecule is CNC(=O)c1ccc(NC(=S)NC(=O)c2ccc(OCCC(C)C)cc2)cc1. The second-order valence-corrected chi connectivity index (χ2v) is 7.03. The fourth-order valence-electron chi connectivity index (χ4n) is 2.30. The molecule has 0 saturated carbocycles. The molecule has 0 aliphatic heterocycles. The van der Waals surface area contributed by atoms with E-state index in [9.17, 15) is 9.59 Å². The Labute approximate surface area is 170 Å². The van der Waals surface area contributed by atoms with Gasteiger partial charge in [-0.3, -0.25) is 14.9 Å². The highest BCUT2D eigenvalue weighted by atomic mass is 32.1. The van der Waals surface area contributed by atoms with Crippen LogP contribution >= 0.6 is 12.2 Å². The second-order valence-electron chi connectivity index (χ2n) is 6.62. The van der Waals surface area contributed by atoms with E-state index in [0.717, 1.165) is 12.2 Å². The molecule has 0 fully saturated rings. The number of amides is 2. The van der Waals surface area contributed by atoms with Crippen LogP contribution in [-0.2, 0) is 0 Å². The van der Waals surface area contributed by atoms with E-state index in [1.54, 1.807) is 55.6 Å². The molecule has 0 spiro atoms. The highest BCUT2D eigenvalue weighted by molar-refractivity contribution is 7.80. The van der Waals surface area contributed by atoms with Gasteiger partial charge >= 0.3 is 0 Å². The van der Waals surface area contributed by atoms with E-state index in [1.165, 1.54) is 0 Å². The van der Waals surface area contributed by atoms with Crippen molar-refractivity contribution < 1.29 is 14.3 Å². The summed E-state index contributed by atoms with van der Waals surface area (Å²) in [5.74, 6) is 0.833. The van der Waals surface area contributed by atoms with Gasteiger partial charge in [-0.2, -0.15) is 0 Å². The number of benzene rings is 2. The third-order valence-electron chi connectivity index (χ3n) is 3.94. The molecule has 2 aromatic rings. The number of carbonyl (C=O) groups excluding carboxylic acids is 2. The Kier molecular flexibility index (Phi) is 7.95. The summed E-state index contributed by atoms with van der Waals surface area (Å²) in [5.41, 5.74) is 1.70. The lowest BCUT2D eigenvalue weighted by molar-refractivity contribution is 0.0959. The minimum atomic E-state index is -0.312. The molecule has 28 heavy (non-hydrogen) atoms. The van der Waals surface area contributed by atoms with Gasteiger partial charge in [-0.05, 0) is 73.1 Å². The maximum atomic E-state index is 12.3. The summed E-state index contributed by atoms with van der Waals surface area (Å²) in [6.45, 7) is 4.93. The molecule has 7 heteroatoms. The van der Waals surface area contributed by atoms with Crippen LogP contribution in [0.15, 0.2) is 48.5 Å². The first kappa shape index (κ1) is 21.4. The van der Waals surface area contributed by atoms with E-state index in [1.807, 2.05) is 0 Å². The Balaban J connectivity index is 1.86. The summed E-state index contributed by atoms with van der Waals surface area (Å²) in [5, 5.41) is 8.28. The zero-order valence-electron chi connectivity index (χ0n) is 16.2. The summed E-state index contributed by atoms with van der Waals surface area (Å²) in [4.78, 5) is 23.8. The maximum absolute atomic E-state index is 12.3. The van der Waals surface area contributed by atoms with Crippen molar-refractivity contribution >= 4 is 34.8 Å². The van der Waals surface area contributed by atoms with Crippen molar-refractivity contribution in [1.29, 1.82) is 0 Å². The van der Waals surface area contributed by atoms with Crippen molar-refractivity contribution in [1.82, 2.24) is 10.6 Å². The van der Waals surface area contributed by atoms with Gasteiger partial charge in [-0.15, -0.1) is 0 Å². The molecule has 0 aliphatic rings. The molecule has 6 nitrogen and oxygen atoms in total. The smallest absolute Gasteiger partial charge is 0.257 e. The lowest BCUT2D eigenvalue weighted by Crippen LogP contribution is -2.34. The predicted molar refractivity (Wildman–Crippen MR) is 115 cm³/mol. The molecular weight excluding hydrogens is 374 g/mol. The number of rotatable bonds is 7. The fourth-order valence-corrected chi connectivity index (χ4v) is 2.51. The normalized spacial score (nSPS) is 10.3. The van der Waals surface area contributed by atoms with Crippen molar-refractivity contribution in [2.75, 3.05) is 19.0 Å². The largest absolute Gasteiger partial charge is 0.494 e. The number of carbonyl (C=O) groups is 2. The summed E-state index contributed by atoms with van der Waals surface area (Å²) in [6.07, 6.45) is 0.978. The molecule has 0 atom stereocenters. The van der Waals surface area contributed by atoms with Crippen LogP contribution < -0.4 is 20.7 Å². The molecule has 2 rings (SSSR count). The van der Waals surface area contributed by atoms with Crippen molar-refractivity contribution in [3.8, 4) is 5.75 Å². The molecular formula is C21H25N3O3S. The first-order valence-electron chi connectivity index (χ1n) is 9.06. The van der Waals surface area contributed by atoms with Crippen LogP contribution in [0.5, 0.6) is 5.75 Å². The summed E-state index contributed by atoms with van der Waals surface area (Å²) in [7, 11) is 1.57. The van der Waals surface area contributed by atoms with Gasteiger partial charge < -0.3 is 15.4 Å². The lowest BCUT2D eigenvalue weighted by atomic mass is 10.1. The van der Waals surface area contributed by atoms with E-state index in [2.05, 4.69) is 29.8 Å². The number of hydrogen-bond donors (Lipinski definition) is 3. The molecule has 0 aliphatic carbocycles. The quantitative estimate of drug-likeness (QED) is 0.620. The Morgan fingerprint density at radius 1 is 0.964 bits per heavy atom. The first-order chi connectivity index (χ1) is 13.4.